The van der Waals surface area contributed by atoms with Crippen LogP contribution < -0.4 is 14.8 Å². The number of carbonyl (C=O) groups is 1. The van der Waals surface area contributed by atoms with Gasteiger partial charge in [0.25, 0.3) is 0 Å². The monoisotopic (exact) mass is 501 g/mol. The predicted molar refractivity (Wildman–Crippen MR) is 134 cm³/mol. The van der Waals surface area contributed by atoms with Crippen LogP contribution in [0.25, 0.3) is 11.9 Å². The zero-order valence-corrected chi connectivity index (χ0v) is 20.3. The van der Waals surface area contributed by atoms with Crippen molar-refractivity contribution in [3.63, 3.8) is 0 Å². The first-order chi connectivity index (χ1) is 16.3. The number of methoxy groups -OCH3 is 2. The fourth-order valence-electron chi connectivity index (χ4n) is 3.22. The number of allylic oxidation sites excluding steroid dienone is 1. The van der Waals surface area contributed by atoms with Crippen molar-refractivity contribution in [3.8, 4) is 11.5 Å². The molecule has 0 spiro atoms. The van der Waals surface area contributed by atoms with Gasteiger partial charge in [-0.1, -0.05) is 48.0 Å². The van der Waals surface area contributed by atoms with E-state index in [4.69, 9.17) is 32.7 Å². The lowest BCUT2D eigenvalue weighted by Gasteiger charge is -2.14. The average molecular weight is 502 g/mol. The van der Waals surface area contributed by atoms with Crippen LogP contribution in [0.2, 0.25) is 10.0 Å². The molecule has 6 nitrogen and oxygen atoms in total. The lowest BCUT2D eigenvalue weighted by molar-refractivity contribution is -0.114. The number of hydrogen-bond acceptors (Lipinski definition) is 6. The molecule has 9 heteroatoms. The van der Waals surface area contributed by atoms with Gasteiger partial charge >= 0.3 is 0 Å². The molecule has 0 radical (unpaired) electrons. The molecule has 1 heterocycles. The number of benzene rings is 2. The minimum absolute atomic E-state index is 0.0161. The Morgan fingerprint density at radius 3 is 2.32 bits per heavy atom. The van der Waals surface area contributed by atoms with Gasteiger partial charge in [0.05, 0.1) is 29.8 Å². The van der Waals surface area contributed by atoms with Crippen LogP contribution >= 0.6 is 23.2 Å². The zero-order valence-electron chi connectivity index (χ0n) is 18.8. The van der Waals surface area contributed by atoms with Gasteiger partial charge in [-0.05, 0) is 30.2 Å². The Morgan fingerprint density at radius 1 is 1.15 bits per heavy atom. The summed E-state index contributed by atoms with van der Waals surface area (Å²) in [5.41, 5.74) is 2.76. The summed E-state index contributed by atoms with van der Waals surface area (Å²) in [4.78, 5) is 20.4. The number of ketones is 1. The van der Waals surface area contributed by atoms with Crippen molar-refractivity contribution in [2.75, 3.05) is 19.5 Å². The molecular weight excluding hydrogens is 480 g/mol. The fourth-order valence-corrected chi connectivity index (χ4v) is 3.90. The van der Waals surface area contributed by atoms with Crippen LogP contribution in [-0.4, -0.2) is 30.0 Å². The van der Waals surface area contributed by atoms with E-state index in [1.165, 1.54) is 44.8 Å². The molecule has 0 unspecified atom stereocenters. The van der Waals surface area contributed by atoms with Gasteiger partial charge in [0.1, 0.15) is 17.3 Å². The third-order valence-electron chi connectivity index (χ3n) is 4.97. The van der Waals surface area contributed by atoms with Gasteiger partial charge in [-0.3, -0.25) is 4.79 Å². The van der Waals surface area contributed by atoms with E-state index in [0.717, 1.165) is 16.8 Å². The largest absolute Gasteiger partial charge is 0.495 e. The molecule has 1 N–H and O–H groups in total. The molecule has 0 fully saturated rings. The first kappa shape index (κ1) is 25.2. The quantitative estimate of drug-likeness (QED) is 0.332. The van der Waals surface area contributed by atoms with E-state index in [1.807, 2.05) is 25.1 Å². The molecule has 0 aliphatic rings. The van der Waals surface area contributed by atoms with Crippen LogP contribution in [0.15, 0.2) is 49.3 Å². The van der Waals surface area contributed by atoms with Gasteiger partial charge in [-0.25, -0.2) is 14.4 Å². The summed E-state index contributed by atoms with van der Waals surface area (Å²) in [7, 11) is 2.82. The summed E-state index contributed by atoms with van der Waals surface area (Å²) in [6.07, 6.45) is 5.58. The highest BCUT2D eigenvalue weighted by atomic mass is 35.5. The van der Waals surface area contributed by atoms with Crippen LogP contribution in [0.4, 0.5) is 16.0 Å². The van der Waals surface area contributed by atoms with Crippen molar-refractivity contribution in [3.05, 3.63) is 81.6 Å². The Labute approximate surface area is 207 Å². The molecule has 0 saturated carbocycles. The molecule has 0 bridgehead atoms. The Kier molecular flexibility index (Phi) is 8.26. The van der Waals surface area contributed by atoms with E-state index >= 15 is 4.39 Å². The number of nitrogens with one attached hydrogen (secondary N) is 1. The standard InChI is InChI=1S/C25H22Cl2FN3O3/c1-5-17(32)10-16-8-6-7-14(2)24(16)31-25-29-12-15(13-30-25)9-18(28)21-22(26)19(33-3)11-20(34-4)23(21)27/h5-9,11-13H,1,10H2,2-4H3,(H,29,30,31)/b18-9-. The molecule has 0 atom stereocenters. The minimum Gasteiger partial charge on any atom is -0.495 e. The molecule has 0 saturated heterocycles. The number of aromatic nitrogens is 2. The Morgan fingerprint density at radius 2 is 1.76 bits per heavy atom. The number of rotatable bonds is 9. The maximum atomic E-state index is 15.2. The lowest BCUT2D eigenvalue weighted by atomic mass is 10.0. The lowest BCUT2D eigenvalue weighted by Crippen LogP contribution is -2.05. The van der Waals surface area contributed by atoms with Gasteiger partial charge in [0.2, 0.25) is 5.95 Å². The Hall–Kier alpha value is -3.42. The summed E-state index contributed by atoms with van der Waals surface area (Å²) in [5, 5.41) is 3.16. The van der Waals surface area contributed by atoms with Crippen molar-refractivity contribution in [2.24, 2.45) is 0 Å². The summed E-state index contributed by atoms with van der Waals surface area (Å²) in [6.45, 7) is 5.43. The number of halogens is 3. The van der Waals surface area contributed by atoms with Crippen LogP contribution in [0.3, 0.4) is 0 Å². The van der Waals surface area contributed by atoms with Gasteiger partial charge in [-0.15, -0.1) is 0 Å². The maximum Gasteiger partial charge on any atom is 0.227 e. The van der Waals surface area contributed by atoms with Crippen molar-refractivity contribution < 1.29 is 18.7 Å². The second-order valence-corrected chi connectivity index (χ2v) is 7.95. The van der Waals surface area contributed by atoms with Gasteiger partial charge < -0.3 is 14.8 Å². The topological polar surface area (TPSA) is 73.3 Å². The highest BCUT2D eigenvalue weighted by molar-refractivity contribution is 6.39. The second-order valence-electron chi connectivity index (χ2n) is 7.20. The third kappa shape index (κ3) is 5.55. The zero-order chi connectivity index (χ0) is 24.8. The van der Waals surface area contributed by atoms with Gasteiger partial charge in [0, 0.05) is 36.1 Å². The molecular formula is C25H22Cl2FN3O3. The first-order valence-electron chi connectivity index (χ1n) is 10.1. The minimum atomic E-state index is -0.708. The third-order valence-corrected chi connectivity index (χ3v) is 5.72. The number of hydrogen-bond donors (Lipinski definition) is 1. The molecule has 1 aromatic heterocycles. The smallest absolute Gasteiger partial charge is 0.227 e. The average Bonchev–Trinajstić information content (AvgIpc) is 2.82. The molecule has 0 aliphatic carbocycles. The number of nitrogens with zero attached hydrogens (tertiary/aromatic N) is 2. The van der Waals surface area contributed by atoms with Gasteiger partial charge in [-0.2, -0.15) is 0 Å². The van der Waals surface area contributed by atoms with E-state index in [9.17, 15) is 4.79 Å². The predicted octanol–water partition coefficient (Wildman–Crippen LogP) is 6.62. The Balaban J connectivity index is 1.90. The van der Waals surface area contributed by atoms with E-state index in [-0.39, 0.29) is 39.3 Å². The summed E-state index contributed by atoms with van der Waals surface area (Å²) in [6, 6.07) is 7.10. The van der Waals surface area contributed by atoms with Crippen LogP contribution in [0.5, 0.6) is 11.5 Å². The van der Waals surface area contributed by atoms with E-state index in [0.29, 0.717) is 11.5 Å². The van der Waals surface area contributed by atoms with Crippen LogP contribution in [0, 0.1) is 6.92 Å². The first-order valence-corrected chi connectivity index (χ1v) is 10.8. The number of para-hydroxylation sites is 1. The summed E-state index contributed by atoms with van der Waals surface area (Å²) >= 11 is 12.6. The molecule has 176 valence electrons. The SMILES string of the molecule is C=CC(=O)Cc1cccc(C)c1Nc1ncc(/C=C(\F)c2c(Cl)c(OC)cc(OC)c2Cl)cn1. The number of anilines is 2. The fraction of sp³-hybridized carbons (Fsp3) is 0.160. The molecule has 3 rings (SSSR count). The molecule has 34 heavy (non-hydrogen) atoms. The van der Waals surface area contributed by atoms with Gasteiger partial charge in [0.15, 0.2) is 5.78 Å². The molecule has 0 amide bonds. The van der Waals surface area contributed by atoms with E-state index in [1.54, 1.807) is 0 Å². The highest BCUT2D eigenvalue weighted by Crippen LogP contribution is 2.44. The van der Waals surface area contributed by atoms with E-state index < -0.39 is 5.83 Å². The van der Waals surface area contributed by atoms with Crippen molar-refractivity contribution in [2.45, 2.75) is 13.3 Å². The van der Waals surface area contributed by atoms with Crippen molar-refractivity contribution >= 4 is 52.5 Å². The maximum absolute atomic E-state index is 15.2. The molecule has 3 aromatic rings. The second kappa shape index (κ2) is 11.1. The number of carbonyl (C=O) groups excluding carboxylic acids is 1. The van der Waals surface area contributed by atoms with E-state index in [2.05, 4.69) is 21.9 Å². The highest BCUT2D eigenvalue weighted by Gasteiger charge is 2.20. The number of aryl methyl sites for hydroxylation is 1. The van der Waals surface area contributed by atoms with Crippen molar-refractivity contribution in [1.82, 2.24) is 9.97 Å². The summed E-state index contributed by atoms with van der Waals surface area (Å²) in [5.74, 6) is -0.0709. The molecule has 2 aromatic carbocycles. The van der Waals surface area contributed by atoms with Crippen LogP contribution in [0.1, 0.15) is 22.3 Å². The summed E-state index contributed by atoms with van der Waals surface area (Å²) < 4.78 is 25.5. The van der Waals surface area contributed by atoms with Crippen molar-refractivity contribution in [1.29, 1.82) is 0 Å². The number of ether oxygens (including phenoxy) is 2. The normalized spacial score (nSPS) is 11.2. The van der Waals surface area contributed by atoms with Crippen LogP contribution in [-0.2, 0) is 11.2 Å². The molecule has 0 aliphatic heterocycles. The Bertz CT molecular complexity index is 1230.